The highest BCUT2D eigenvalue weighted by atomic mass is 35.5. The van der Waals surface area contributed by atoms with Crippen molar-refractivity contribution in [3.63, 3.8) is 0 Å². The Bertz CT molecular complexity index is 1530. The number of amides is 1. The molecule has 0 saturated carbocycles. The molecule has 1 amide bonds. The number of halogens is 1. The molecule has 0 saturated heterocycles. The first-order valence-electron chi connectivity index (χ1n) is 10.1. The standard InChI is InChI=1S/C25H19ClN4O2/c1-16-6-2-3-7-19(16)27-23(31)15-29-21-8-4-5-9-22(21)30-24(32)14-20(28-25(29)30)17-10-12-18(26)13-11-17/h2-14H,15H2,1H3,(H,27,31). The van der Waals surface area contributed by atoms with Crippen LogP contribution in [-0.2, 0) is 11.3 Å². The lowest BCUT2D eigenvalue weighted by molar-refractivity contribution is -0.116. The Kier molecular flexibility index (Phi) is 4.99. The van der Waals surface area contributed by atoms with Crippen molar-refractivity contribution in [1.29, 1.82) is 0 Å². The Balaban J connectivity index is 1.64. The molecular weight excluding hydrogens is 424 g/mol. The molecule has 7 heteroatoms. The van der Waals surface area contributed by atoms with Gasteiger partial charge in [0.15, 0.2) is 0 Å². The smallest absolute Gasteiger partial charge is 0.260 e. The summed E-state index contributed by atoms with van der Waals surface area (Å²) < 4.78 is 3.31. The normalized spacial score (nSPS) is 11.2. The number of aryl methyl sites for hydroxylation is 1. The lowest BCUT2D eigenvalue weighted by atomic mass is 10.1. The molecule has 2 aromatic heterocycles. The van der Waals surface area contributed by atoms with Crippen molar-refractivity contribution < 1.29 is 4.79 Å². The first kappa shape index (κ1) is 20.0. The zero-order chi connectivity index (χ0) is 22.2. The summed E-state index contributed by atoms with van der Waals surface area (Å²) in [6.45, 7) is 1.96. The minimum Gasteiger partial charge on any atom is -0.324 e. The van der Waals surface area contributed by atoms with Crippen LogP contribution < -0.4 is 10.9 Å². The lowest BCUT2D eigenvalue weighted by Crippen LogP contribution is -2.21. The maximum Gasteiger partial charge on any atom is 0.260 e. The number of carbonyl (C=O) groups excluding carboxylic acids is 1. The van der Waals surface area contributed by atoms with Gasteiger partial charge in [-0.25, -0.2) is 9.38 Å². The van der Waals surface area contributed by atoms with Crippen molar-refractivity contribution in [2.24, 2.45) is 0 Å². The second-order valence-electron chi connectivity index (χ2n) is 7.56. The molecule has 0 bridgehead atoms. The zero-order valence-electron chi connectivity index (χ0n) is 17.2. The Hall–Kier alpha value is -3.90. The zero-order valence-corrected chi connectivity index (χ0v) is 18.0. The molecular formula is C25H19ClN4O2. The van der Waals surface area contributed by atoms with Crippen LogP contribution >= 0.6 is 11.6 Å². The van der Waals surface area contributed by atoms with Crippen LogP contribution in [0.5, 0.6) is 0 Å². The number of hydrogen-bond donors (Lipinski definition) is 1. The van der Waals surface area contributed by atoms with E-state index in [0.29, 0.717) is 22.0 Å². The second-order valence-corrected chi connectivity index (χ2v) is 8.00. The maximum atomic E-state index is 13.1. The number of nitrogens with zero attached hydrogens (tertiary/aromatic N) is 3. The van der Waals surface area contributed by atoms with Crippen molar-refractivity contribution in [2.75, 3.05) is 5.32 Å². The summed E-state index contributed by atoms with van der Waals surface area (Å²) in [7, 11) is 0. The molecule has 0 unspecified atom stereocenters. The van der Waals surface area contributed by atoms with Gasteiger partial charge in [-0.2, -0.15) is 0 Å². The van der Waals surface area contributed by atoms with Crippen molar-refractivity contribution in [1.82, 2.24) is 14.0 Å². The fourth-order valence-electron chi connectivity index (χ4n) is 3.84. The topological polar surface area (TPSA) is 68.4 Å². The molecule has 3 aromatic carbocycles. The molecule has 0 aliphatic rings. The van der Waals surface area contributed by atoms with E-state index in [0.717, 1.165) is 22.3 Å². The van der Waals surface area contributed by atoms with Crippen molar-refractivity contribution in [3.05, 3.63) is 99.8 Å². The fourth-order valence-corrected chi connectivity index (χ4v) is 3.96. The Morgan fingerprint density at radius 1 is 0.969 bits per heavy atom. The molecule has 0 atom stereocenters. The Labute approximate surface area is 188 Å². The molecule has 5 aromatic rings. The van der Waals surface area contributed by atoms with E-state index in [1.807, 2.05) is 67.6 Å². The average Bonchev–Trinajstić information content (AvgIpc) is 3.10. The van der Waals surface area contributed by atoms with E-state index in [4.69, 9.17) is 16.6 Å². The van der Waals surface area contributed by atoms with Gasteiger partial charge in [-0.15, -0.1) is 0 Å². The van der Waals surface area contributed by atoms with Gasteiger partial charge in [-0.05, 0) is 42.8 Å². The minimum atomic E-state index is -0.214. The van der Waals surface area contributed by atoms with Crippen molar-refractivity contribution in [2.45, 2.75) is 13.5 Å². The van der Waals surface area contributed by atoms with Gasteiger partial charge in [0.05, 0.1) is 16.7 Å². The Morgan fingerprint density at radius 3 is 2.41 bits per heavy atom. The highest BCUT2D eigenvalue weighted by Gasteiger charge is 2.17. The van der Waals surface area contributed by atoms with E-state index < -0.39 is 0 Å². The van der Waals surface area contributed by atoms with Crippen LogP contribution in [0, 0.1) is 6.92 Å². The minimum absolute atomic E-state index is 0.0157. The summed E-state index contributed by atoms with van der Waals surface area (Å²) in [6.07, 6.45) is 0. The van der Waals surface area contributed by atoms with Crippen LogP contribution in [0.2, 0.25) is 5.02 Å². The number of fused-ring (bicyclic) bond motifs is 3. The third-order valence-electron chi connectivity index (χ3n) is 5.42. The maximum absolute atomic E-state index is 13.1. The van der Waals surface area contributed by atoms with E-state index in [1.54, 1.807) is 16.7 Å². The lowest BCUT2D eigenvalue weighted by Gasteiger charge is -2.10. The average molecular weight is 443 g/mol. The van der Waals surface area contributed by atoms with E-state index in [-0.39, 0.29) is 18.0 Å². The molecule has 1 N–H and O–H groups in total. The summed E-state index contributed by atoms with van der Waals surface area (Å²) in [5.74, 6) is 0.206. The number of rotatable bonds is 4. The fraction of sp³-hybridized carbons (Fsp3) is 0.0800. The van der Waals surface area contributed by atoms with E-state index in [2.05, 4.69) is 5.32 Å². The van der Waals surface area contributed by atoms with Crippen LogP contribution in [0.4, 0.5) is 5.69 Å². The molecule has 0 fully saturated rings. The van der Waals surface area contributed by atoms with Gasteiger partial charge in [0.25, 0.3) is 5.56 Å². The highest BCUT2D eigenvalue weighted by molar-refractivity contribution is 6.30. The quantitative estimate of drug-likeness (QED) is 0.429. The van der Waals surface area contributed by atoms with Gasteiger partial charge in [0, 0.05) is 22.3 Å². The van der Waals surface area contributed by atoms with Gasteiger partial charge in [-0.1, -0.05) is 54.1 Å². The largest absolute Gasteiger partial charge is 0.324 e. The third-order valence-corrected chi connectivity index (χ3v) is 5.67. The Morgan fingerprint density at radius 2 is 1.66 bits per heavy atom. The number of anilines is 1. The number of imidazole rings is 1. The van der Waals surface area contributed by atoms with Crippen LogP contribution in [0.25, 0.3) is 28.1 Å². The first-order chi connectivity index (χ1) is 15.5. The second kappa shape index (κ2) is 7.98. The molecule has 158 valence electrons. The van der Waals surface area contributed by atoms with Gasteiger partial charge in [0.2, 0.25) is 11.7 Å². The molecule has 0 radical (unpaired) electrons. The number of para-hydroxylation sites is 3. The van der Waals surface area contributed by atoms with Gasteiger partial charge >= 0.3 is 0 Å². The molecule has 6 nitrogen and oxygen atoms in total. The molecule has 0 aliphatic heterocycles. The molecule has 2 heterocycles. The summed E-state index contributed by atoms with van der Waals surface area (Å²) >= 11 is 6.00. The summed E-state index contributed by atoms with van der Waals surface area (Å²) in [5, 5.41) is 3.56. The predicted octanol–water partition coefficient (Wildman–Crippen LogP) is 4.92. The number of nitrogens with one attached hydrogen (secondary N) is 1. The molecule has 5 rings (SSSR count). The van der Waals surface area contributed by atoms with Crippen LogP contribution in [0.3, 0.4) is 0 Å². The third kappa shape index (κ3) is 3.55. The predicted molar refractivity (Wildman–Crippen MR) is 127 cm³/mol. The molecule has 32 heavy (non-hydrogen) atoms. The summed E-state index contributed by atoms with van der Waals surface area (Å²) in [6, 6.07) is 23.7. The number of aromatic nitrogens is 3. The van der Waals surface area contributed by atoms with Gasteiger partial charge in [0.1, 0.15) is 6.54 Å². The van der Waals surface area contributed by atoms with Crippen LogP contribution in [0.15, 0.2) is 83.7 Å². The van der Waals surface area contributed by atoms with Crippen LogP contribution in [-0.4, -0.2) is 19.9 Å². The summed E-state index contributed by atoms with van der Waals surface area (Å²) in [4.78, 5) is 30.8. The van der Waals surface area contributed by atoms with E-state index in [1.165, 1.54) is 10.5 Å². The van der Waals surface area contributed by atoms with Gasteiger partial charge in [-0.3, -0.25) is 9.59 Å². The van der Waals surface area contributed by atoms with Gasteiger partial charge < -0.3 is 9.88 Å². The molecule has 0 spiro atoms. The number of benzene rings is 3. The first-order valence-corrected chi connectivity index (χ1v) is 10.5. The monoisotopic (exact) mass is 442 g/mol. The van der Waals surface area contributed by atoms with Crippen LogP contribution in [0.1, 0.15) is 5.56 Å². The van der Waals surface area contributed by atoms with Crippen molar-refractivity contribution in [3.8, 4) is 11.3 Å². The summed E-state index contributed by atoms with van der Waals surface area (Å²) in [5.41, 5.74) is 4.27. The molecule has 0 aliphatic carbocycles. The SMILES string of the molecule is Cc1ccccc1NC(=O)Cn1c2ccccc2n2c(=O)cc(-c3ccc(Cl)cc3)nc12. The number of carbonyl (C=O) groups is 1. The highest BCUT2D eigenvalue weighted by Crippen LogP contribution is 2.23. The van der Waals surface area contributed by atoms with E-state index >= 15 is 0 Å². The number of hydrogen-bond acceptors (Lipinski definition) is 3. The van der Waals surface area contributed by atoms with Crippen molar-refractivity contribution >= 4 is 40.0 Å². The van der Waals surface area contributed by atoms with E-state index in [9.17, 15) is 9.59 Å².